The number of carbonyl (C=O) groups is 1. The highest BCUT2D eigenvalue weighted by atomic mass is 32.2. The molecule has 25 heavy (non-hydrogen) atoms. The fourth-order valence-corrected chi connectivity index (χ4v) is 3.11. The van der Waals surface area contributed by atoms with Gasteiger partial charge in [0.2, 0.25) is 0 Å². The maximum Gasteiger partial charge on any atom is 0.260 e. The molecule has 2 heterocycles. The highest BCUT2D eigenvalue weighted by Gasteiger charge is 2.21. The van der Waals surface area contributed by atoms with Crippen molar-refractivity contribution in [3.63, 3.8) is 0 Å². The molecule has 0 aliphatic carbocycles. The lowest BCUT2D eigenvalue weighted by Crippen LogP contribution is -2.50. The van der Waals surface area contributed by atoms with E-state index in [0.29, 0.717) is 5.75 Å². The number of thioether (sulfide) groups is 1. The van der Waals surface area contributed by atoms with E-state index in [2.05, 4.69) is 26.7 Å². The third kappa shape index (κ3) is 4.93. The van der Waals surface area contributed by atoms with E-state index in [0.717, 1.165) is 44.2 Å². The molecule has 0 spiro atoms. The van der Waals surface area contributed by atoms with E-state index < -0.39 is 0 Å². The number of piperazine rings is 1. The first-order valence-corrected chi connectivity index (χ1v) is 9.61. The number of hydrogen-bond acceptors (Lipinski definition) is 7. The van der Waals surface area contributed by atoms with Gasteiger partial charge in [0, 0.05) is 44.5 Å². The standard InChI is InChI=1S/C16H22N6O2S/c1-25-10-9-20-5-7-21(8-6-20)16(23)12-24-15-4-2-3-14(11-15)22-13-17-18-19-22/h2-4,11,13H,5-10,12H2,1H3. The van der Waals surface area contributed by atoms with Crippen LogP contribution in [0.4, 0.5) is 0 Å². The number of carbonyl (C=O) groups excluding carboxylic acids is 1. The largest absolute Gasteiger partial charge is 0.484 e. The van der Waals surface area contributed by atoms with Crippen molar-refractivity contribution >= 4 is 17.7 Å². The maximum atomic E-state index is 12.3. The van der Waals surface area contributed by atoms with Gasteiger partial charge in [0.25, 0.3) is 5.91 Å². The first-order valence-electron chi connectivity index (χ1n) is 8.21. The average molecular weight is 362 g/mol. The smallest absolute Gasteiger partial charge is 0.260 e. The van der Waals surface area contributed by atoms with Crippen LogP contribution < -0.4 is 4.74 Å². The minimum atomic E-state index is 0.0253. The van der Waals surface area contributed by atoms with Crippen LogP contribution in [0.15, 0.2) is 30.6 Å². The van der Waals surface area contributed by atoms with Gasteiger partial charge in [-0.05, 0) is 28.8 Å². The topological polar surface area (TPSA) is 76.4 Å². The Balaban J connectivity index is 1.47. The number of rotatable bonds is 7. The van der Waals surface area contributed by atoms with Crippen LogP contribution in [0.1, 0.15) is 0 Å². The summed E-state index contributed by atoms with van der Waals surface area (Å²) in [5, 5.41) is 11.1. The number of nitrogens with zero attached hydrogens (tertiary/aromatic N) is 6. The maximum absolute atomic E-state index is 12.3. The van der Waals surface area contributed by atoms with Gasteiger partial charge >= 0.3 is 0 Å². The predicted octanol–water partition coefficient (Wildman–Crippen LogP) is 0.548. The first-order chi connectivity index (χ1) is 12.3. The lowest BCUT2D eigenvalue weighted by Gasteiger charge is -2.34. The van der Waals surface area contributed by atoms with Crippen molar-refractivity contribution in [3.8, 4) is 11.4 Å². The summed E-state index contributed by atoms with van der Waals surface area (Å²) < 4.78 is 7.21. The predicted molar refractivity (Wildman–Crippen MR) is 96.1 cm³/mol. The molecule has 0 saturated carbocycles. The number of amides is 1. The number of ether oxygens (including phenoxy) is 1. The van der Waals surface area contributed by atoms with E-state index in [4.69, 9.17) is 4.74 Å². The Morgan fingerprint density at radius 2 is 2.12 bits per heavy atom. The van der Waals surface area contributed by atoms with E-state index in [1.54, 1.807) is 4.68 Å². The van der Waals surface area contributed by atoms with Crippen molar-refractivity contribution in [2.24, 2.45) is 0 Å². The van der Waals surface area contributed by atoms with Crippen molar-refractivity contribution in [1.29, 1.82) is 0 Å². The normalized spacial score (nSPS) is 15.3. The van der Waals surface area contributed by atoms with Crippen molar-refractivity contribution in [1.82, 2.24) is 30.0 Å². The van der Waals surface area contributed by atoms with Crippen molar-refractivity contribution in [2.75, 3.05) is 51.3 Å². The summed E-state index contributed by atoms with van der Waals surface area (Å²) in [5.74, 6) is 1.78. The summed E-state index contributed by atoms with van der Waals surface area (Å²) in [6, 6.07) is 7.35. The second-order valence-corrected chi connectivity index (χ2v) is 6.74. The monoisotopic (exact) mass is 362 g/mol. The summed E-state index contributed by atoms with van der Waals surface area (Å²) in [4.78, 5) is 16.6. The van der Waals surface area contributed by atoms with Gasteiger partial charge in [-0.1, -0.05) is 6.07 Å². The van der Waals surface area contributed by atoms with Gasteiger partial charge in [-0.15, -0.1) is 5.10 Å². The van der Waals surface area contributed by atoms with Crippen LogP contribution in [0.25, 0.3) is 5.69 Å². The van der Waals surface area contributed by atoms with Gasteiger partial charge in [0.1, 0.15) is 12.1 Å². The Morgan fingerprint density at radius 3 is 2.84 bits per heavy atom. The van der Waals surface area contributed by atoms with E-state index >= 15 is 0 Å². The minimum Gasteiger partial charge on any atom is -0.484 e. The van der Waals surface area contributed by atoms with E-state index in [9.17, 15) is 4.79 Å². The molecule has 0 radical (unpaired) electrons. The van der Waals surface area contributed by atoms with Crippen molar-refractivity contribution in [3.05, 3.63) is 30.6 Å². The van der Waals surface area contributed by atoms with E-state index in [1.807, 2.05) is 40.9 Å². The van der Waals surface area contributed by atoms with Crippen LogP contribution in [-0.2, 0) is 4.79 Å². The number of aromatic nitrogens is 4. The second kappa shape index (κ2) is 8.82. The van der Waals surface area contributed by atoms with Crippen molar-refractivity contribution < 1.29 is 9.53 Å². The zero-order valence-electron chi connectivity index (χ0n) is 14.2. The lowest BCUT2D eigenvalue weighted by atomic mass is 10.3. The molecule has 1 fully saturated rings. The van der Waals surface area contributed by atoms with Gasteiger partial charge in [0.15, 0.2) is 6.61 Å². The Kier molecular flexibility index (Phi) is 6.24. The quantitative estimate of drug-likeness (QED) is 0.712. The SMILES string of the molecule is CSCCN1CCN(C(=O)COc2cccc(-n3cnnn3)c2)CC1. The average Bonchev–Trinajstić information content (AvgIpc) is 3.20. The molecule has 134 valence electrons. The van der Waals surface area contributed by atoms with Gasteiger partial charge in [-0.2, -0.15) is 11.8 Å². The molecule has 0 atom stereocenters. The Morgan fingerprint density at radius 1 is 1.28 bits per heavy atom. The summed E-state index contributed by atoms with van der Waals surface area (Å²) in [6.07, 6.45) is 3.63. The van der Waals surface area contributed by atoms with Gasteiger partial charge in [0.05, 0.1) is 5.69 Å². The molecular weight excluding hydrogens is 340 g/mol. The highest BCUT2D eigenvalue weighted by Crippen LogP contribution is 2.16. The molecule has 3 rings (SSSR count). The Labute approximate surface area is 151 Å². The summed E-state index contributed by atoms with van der Waals surface area (Å²) in [6.45, 7) is 4.53. The van der Waals surface area contributed by atoms with Crippen LogP contribution in [0.2, 0.25) is 0 Å². The first kappa shape index (κ1) is 17.7. The summed E-state index contributed by atoms with van der Waals surface area (Å²) >= 11 is 1.85. The third-order valence-corrected chi connectivity index (χ3v) is 4.72. The van der Waals surface area contributed by atoms with Gasteiger partial charge in [-0.25, -0.2) is 4.68 Å². The molecule has 8 nitrogen and oxygen atoms in total. The van der Waals surface area contributed by atoms with Crippen LogP contribution >= 0.6 is 11.8 Å². The molecule has 1 aliphatic heterocycles. The second-order valence-electron chi connectivity index (χ2n) is 5.76. The molecule has 1 aliphatic rings. The molecule has 1 aromatic carbocycles. The molecule has 9 heteroatoms. The third-order valence-electron chi connectivity index (χ3n) is 4.13. The fourth-order valence-electron chi connectivity index (χ4n) is 2.67. The van der Waals surface area contributed by atoms with Crippen molar-refractivity contribution in [2.45, 2.75) is 0 Å². The molecule has 0 bridgehead atoms. The summed E-state index contributed by atoms with van der Waals surface area (Å²) in [5.41, 5.74) is 0.789. The molecule has 0 unspecified atom stereocenters. The van der Waals surface area contributed by atoms with E-state index in [1.165, 1.54) is 6.33 Å². The molecular formula is C16H22N6O2S. The molecule has 2 aromatic rings. The van der Waals surface area contributed by atoms with Crippen LogP contribution in [0, 0.1) is 0 Å². The van der Waals surface area contributed by atoms with Gasteiger partial charge < -0.3 is 9.64 Å². The highest BCUT2D eigenvalue weighted by molar-refractivity contribution is 7.98. The number of benzene rings is 1. The molecule has 1 aromatic heterocycles. The lowest BCUT2D eigenvalue weighted by molar-refractivity contribution is -0.135. The zero-order chi connectivity index (χ0) is 17.5. The van der Waals surface area contributed by atoms with Crippen LogP contribution in [0.5, 0.6) is 5.75 Å². The zero-order valence-corrected chi connectivity index (χ0v) is 15.1. The van der Waals surface area contributed by atoms with Gasteiger partial charge in [-0.3, -0.25) is 9.69 Å². The Hall–Kier alpha value is -2.13. The minimum absolute atomic E-state index is 0.0253. The fraction of sp³-hybridized carbons (Fsp3) is 0.500. The summed E-state index contributed by atoms with van der Waals surface area (Å²) in [7, 11) is 0. The van der Waals surface area contributed by atoms with Crippen LogP contribution in [-0.4, -0.2) is 87.3 Å². The number of tetrazole rings is 1. The Bertz CT molecular complexity index is 673. The van der Waals surface area contributed by atoms with E-state index in [-0.39, 0.29) is 12.5 Å². The molecule has 1 saturated heterocycles. The molecule has 0 N–H and O–H groups in total. The van der Waals surface area contributed by atoms with Crippen LogP contribution in [0.3, 0.4) is 0 Å². The molecule has 1 amide bonds. The number of hydrogen-bond donors (Lipinski definition) is 0.